The molecule has 0 aromatic heterocycles. The van der Waals surface area contributed by atoms with Gasteiger partial charge in [0.25, 0.3) is 12.2 Å². The summed E-state index contributed by atoms with van der Waals surface area (Å²) >= 11 is 0. The minimum Gasteiger partial charge on any atom is -0.493 e. The maximum atomic E-state index is 11.1. The molecule has 0 bridgehead atoms. The van der Waals surface area contributed by atoms with E-state index in [2.05, 4.69) is 9.47 Å². The highest BCUT2D eigenvalue weighted by molar-refractivity contribution is 5.69. The molecule has 1 atom stereocenters. The molecule has 0 heterocycles. The van der Waals surface area contributed by atoms with Crippen LogP contribution in [-0.2, 0) is 19.1 Å². The third kappa shape index (κ3) is 5.09. The zero-order chi connectivity index (χ0) is 18.1. The fraction of sp³-hybridized carbons (Fsp3) is 0.429. The predicted octanol–water partition coefficient (Wildman–Crippen LogP) is 1.10. The summed E-state index contributed by atoms with van der Waals surface area (Å²) in [6.07, 6.45) is -1.35. The van der Waals surface area contributed by atoms with Crippen LogP contribution in [0.15, 0.2) is 12.1 Å². The molecule has 0 amide bonds. The third-order valence-corrected chi connectivity index (χ3v) is 2.97. The van der Waals surface area contributed by atoms with Gasteiger partial charge in [-0.05, 0) is 6.42 Å². The molecule has 132 valence electrons. The van der Waals surface area contributed by atoms with Gasteiger partial charge in [-0.1, -0.05) is 0 Å². The van der Waals surface area contributed by atoms with E-state index in [-0.39, 0.29) is 36.6 Å². The fourth-order valence-corrected chi connectivity index (χ4v) is 1.82. The molecule has 0 saturated heterocycles. The van der Waals surface area contributed by atoms with Crippen LogP contribution in [0.4, 0.5) is 5.69 Å². The minimum atomic E-state index is -1.81. The lowest BCUT2D eigenvalue weighted by atomic mass is 10.1. The van der Waals surface area contributed by atoms with Crippen LogP contribution < -0.4 is 9.47 Å². The molecule has 0 aliphatic heterocycles. The maximum absolute atomic E-state index is 11.1. The second kappa shape index (κ2) is 9.30. The van der Waals surface area contributed by atoms with Gasteiger partial charge in [0.05, 0.1) is 31.8 Å². The van der Waals surface area contributed by atoms with Gasteiger partial charge >= 0.3 is 5.97 Å². The Hall–Kier alpha value is -2.88. The second-order valence-corrected chi connectivity index (χ2v) is 4.43. The van der Waals surface area contributed by atoms with Gasteiger partial charge in [-0.3, -0.25) is 19.7 Å². The van der Waals surface area contributed by atoms with Crippen molar-refractivity contribution in [2.75, 3.05) is 20.8 Å². The molecule has 0 fully saturated rings. The predicted molar refractivity (Wildman–Crippen MR) is 78.5 cm³/mol. The molecule has 10 heteroatoms. The number of aliphatic hydroxyl groups excluding tert-OH is 1. The monoisotopic (exact) mass is 343 g/mol. The van der Waals surface area contributed by atoms with Gasteiger partial charge < -0.3 is 24.1 Å². The van der Waals surface area contributed by atoms with Gasteiger partial charge in [-0.25, -0.2) is 0 Å². The number of carbonyl (C=O) groups is 2. The lowest BCUT2D eigenvalue weighted by Gasteiger charge is -2.14. The molecule has 1 N–H and O–H groups in total. The SMILES string of the molecule is COC(=O)CCCOc1cc([N+](=O)[O-])c(C(O)OC=O)cc1OC. The van der Waals surface area contributed by atoms with E-state index in [1.165, 1.54) is 14.2 Å². The molecular weight excluding hydrogens is 326 g/mol. The zero-order valence-corrected chi connectivity index (χ0v) is 13.1. The molecule has 10 nitrogen and oxygen atoms in total. The maximum Gasteiger partial charge on any atom is 0.305 e. The molecule has 0 saturated carbocycles. The first kappa shape index (κ1) is 19.2. The first-order chi connectivity index (χ1) is 11.4. The van der Waals surface area contributed by atoms with Crippen molar-refractivity contribution < 1.29 is 38.6 Å². The quantitative estimate of drug-likeness (QED) is 0.165. The van der Waals surface area contributed by atoms with Crippen molar-refractivity contribution in [2.45, 2.75) is 19.1 Å². The van der Waals surface area contributed by atoms with Crippen LogP contribution >= 0.6 is 0 Å². The third-order valence-electron chi connectivity index (χ3n) is 2.97. The van der Waals surface area contributed by atoms with E-state index in [9.17, 15) is 24.8 Å². The Bertz CT molecular complexity index is 602. The van der Waals surface area contributed by atoms with Gasteiger partial charge in [-0.2, -0.15) is 0 Å². The van der Waals surface area contributed by atoms with Crippen molar-refractivity contribution in [2.24, 2.45) is 0 Å². The zero-order valence-electron chi connectivity index (χ0n) is 13.1. The lowest BCUT2D eigenvalue weighted by molar-refractivity contribution is -0.386. The van der Waals surface area contributed by atoms with Crippen molar-refractivity contribution in [1.29, 1.82) is 0 Å². The fourth-order valence-electron chi connectivity index (χ4n) is 1.82. The van der Waals surface area contributed by atoms with E-state index in [1.54, 1.807) is 0 Å². The Morgan fingerprint density at radius 2 is 2.08 bits per heavy atom. The second-order valence-electron chi connectivity index (χ2n) is 4.43. The Kier molecular flexibility index (Phi) is 7.43. The number of nitro groups is 1. The number of nitro benzene ring substituents is 1. The van der Waals surface area contributed by atoms with Crippen LogP contribution in [-0.4, -0.2) is 43.3 Å². The number of ether oxygens (including phenoxy) is 4. The largest absolute Gasteiger partial charge is 0.493 e. The van der Waals surface area contributed by atoms with Gasteiger partial charge in [-0.15, -0.1) is 0 Å². The van der Waals surface area contributed by atoms with Crippen LogP contribution in [0, 0.1) is 10.1 Å². The van der Waals surface area contributed by atoms with Crippen molar-refractivity contribution in [1.82, 2.24) is 0 Å². The highest BCUT2D eigenvalue weighted by atomic mass is 16.6. The number of carbonyl (C=O) groups excluding carboxylic acids is 2. The summed E-state index contributed by atoms with van der Waals surface area (Å²) in [6, 6.07) is 2.19. The normalized spacial score (nSPS) is 11.3. The van der Waals surface area contributed by atoms with Crippen molar-refractivity contribution in [3.63, 3.8) is 0 Å². The van der Waals surface area contributed by atoms with Crippen LogP contribution in [0.25, 0.3) is 0 Å². The number of nitrogens with zero attached hydrogens (tertiary/aromatic N) is 1. The van der Waals surface area contributed by atoms with Gasteiger partial charge in [0.15, 0.2) is 11.5 Å². The molecule has 1 unspecified atom stereocenters. The number of benzene rings is 1. The molecule has 0 aliphatic rings. The summed E-state index contributed by atoms with van der Waals surface area (Å²) in [5, 5.41) is 20.8. The number of aliphatic hydroxyl groups is 1. The van der Waals surface area contributed by atoms with Crippen LogP contribution in [0.5, 0.6) is 11.5 Å². The molecule has 0 spiro atoms. The van der Waals surface area contributed by atoms with Gasteiger partial charge in [0.1, 0.15) is 5.56 Å². The van der Waals surface area contributed by atoms with Crippen molar-refractivity contribution >= 4 is 18.1 Å². The summed E-state index contributed by atoms with van der Waals surface area (Å²) in [5.41, 5.74) is -0.765. The Labute approximate surface area is 137 Å². The van der Waals surface area contributed by atoms with E-state index in [1.807, 2.05) is 0 Å². The molecular formula is C14H17NO9. The number of esters is 1. The smallest absolute Gasteiger partial charge is 0.305 e. The minimum absolute atomic E-state index is 0.0297. The van der Waals surface area contributed by atoms with E-state index < -0.39 is 22.9 Å². The number of hydrogen-bond donors (Lipinski definition) is 1. The Balaban J connectivity index is 2.99. The molecule has 1 rings (SSSR count). The number of hydrogen-bond acceptors (Lipinski definition) is 9. The summed E-state index contributed by atoms with van der Waals surface area (Å²) < 4.78 is 19.2. The van der Waals surface area contributed by atoms with Crippen LogP contribution in [0.1, 0.15) is 24.7 Å². The van der Waals surface area contributed by atoms with Crippen LogP contribution in [0.2, 0.25) is 0 Å². The van der Waals surface area contributed by atoms with Gasteiger partial charge in [0.2, 0.25) is 6.29 Å². The standard InChI is InChI=1S/C14H17NO9/c1-21-11-6-9(14(18)24-8-16)10(15(19)20)7-12(11)23-5-3-4-13(17)22-2/h6-8,14,18H,3-5H2,1-2H3. The molecule has 1 aromatic rings. The first-order valence-corrected chi connectivity index (χ1v) is 6.77. The van der Waals surface area contributed by atoms with Crippen molar-refractivity contribution in [3.05, 3.63) is 27.8 Å². The summed E-state index contributed by atoms with van der Waals surface area (Å²) in [4.78, 5) is 31.7. The van der Waals surface area contributed by atoms with E-state index >= 15 is 0 Å². The number of methoxy groups -OCH3 is 2. The summed E-state index contributed by atoms with van der Waals surface area (Å²) in [6.45, 7) is 0.0629. The molecule has 24 heavy (non-hydrogen) atoms. The first-order valence-electron chi connectivity index (χ1n) is 6.77. The molecule has 0 radical (unpaired) electrons. The van der Waals surface area contributed by atoms with Gasteiger partial charge in [0, 0.05) is 12.5 Å². The van der Waals surface area contributed by atoms with E-state index in [0.717, 1.165) is 12.1 Å². The van der Waals surface area contributed by atoms with Crippen molar-refractivity contribution in [3.8, 4) is 11.5 Å². The van der Waals surface area contributed by atoms with Crippen LogP contribution in [0.3, 0.4) is 0 Å². The van der Waals surface area contributed by atoms with E-state index in [0.29, 0.717) is 6.42 Å². The Morgan fingerprint density at radius 3 is 2.62 bits per heavy atom. The average Bonchev–Trinajstić information content (AvgIpc) is 2.57. The highest BCUT2D eigenvalue weighted by Crippen LogP contribution is 2.37. The molecule has 1 aromatic carbocycles. The Morgan fingerprint density at radius 1 is 1.38 bits per heavy atom. The van der Waals surface area contributed by atoms with E-state index in [4.69, 9.17) is 9.47 Å². The highest BCUT2D eigenvalue weighted by Gasteiger charge is 2.25. The topological polar surface area (TPSA) is 134 Å². The average molecular weight is 343 g/mol. The lowest BCUT2D eigenvalue weighted by Crippen LogP contribution is -2.08. The number of rotatable bonds is 10. The molecule has 0 aliphatic carbocycles. The summed E-state index contributed by atoms with van der Waals surface area (Å²) in [5.74, 6) is -0.251. The summed E-state index contributed by atoms with van der Waals surface area (Å²) in [7, 11) is 2.57.